The quantitative estimate of drug-likeness (QED) is 0.246. The Hall–Kier alpha value is 2.00. The van der Waals surface area contributed by atoms with Crippen LogP contribution >= 0.6 is 0 Å². The van der Waals surface area contributed by atoms with Crippen LogP contribution < -0.4 is 29.6 Å². The van der Waals surface area contributed by atoms with Gasteiger partial charge in [-0.1, -0.05) is 103 Å². The van der Waals surface area contributed by atoms with Gasteiger partial charge in [0.15, 0.2) is 0 Å². The average molecular weight is 299 g/mol. The predicted octanol–water partition coefficient (Wildman–Crippen LogP) is 3.71. The fourth-order valence-electron chi connectivity index (χ4n) is 2.55. The van der Waals surface area contributed by atoms with Gasteiger partial charge in [0.2, 0.25) is 0 Å². The van der Waals surface area contributed by atoms with Gasteiger partial charge in [0.25, 0.3) is 0 Å². The second-order valence-corrected chi connectivity index (χ2v) is 5.80. The van der Waals surface area contributed by atoms with E-state index in [-0.39, 0.29) is 59.1 Å². The van der Waals surface area contributed by atoms with E-state index in [0.29, 0.717) is 0 Å². The molecule has 0 aromatic heterocycles. The maximum Gasteiger partial charge on any atom is 1.00 e. The number of hydrogen-bond acceptors (Lipinski definition) is 0. The molecule has 0 N–H and O–H groups in total. The molecule has 0 heterocycles. The van der Waals surface area contributed by atoms with E-state index in [2.05, 4.69) is 13.8 Å². The van der Waals surface area contributed by atoms with Gasteiger partial charge >= 0.3 is 29.6 Å². The van der Waals surface area contributed by atoms with E-state index >= 15 is 0 Å². The second kappa shape index (κ2) is 25.9. The summed E-state index contributed by atoms with van der Waals surface area (Å²) in [6.45, 7) is 6.18. The van der Waals surface area contributed by atoms with Crippen molar-refractivity contribution in [1.29, 1.82) is 0 Å². The summed E-state index contributed by atoms with van der Waals surface area (Å²) < 4.78 is 0. The van der Waals surface area contributed by atoms with Crippen molar-refractivity contribution < 1.29 is 29.6 Å². The first-order valence-corrected chi connectivity index (χ1v) is 8.71. The molecule has 0 aromatic carbocycles. The number of hydrogen-bond donors (Lipinski definition) is 0. The summed E-state index contributed by atoms with van der Waals surface area (Å²) in [5, 5.41) is 0. The molecular formula is C18H37Na2. The molecule has 0 aliphatic heterocycles. The molecule has 0 nitrogen and oxygen atoms in total. The average Bonchev–Trinajstić information content (AvgIpc) is 2.39. The Morgan fingerprint density at radius 1 is 0.500 bits per heavy atom. The molecule has 0 unspecified atom stereocenters. The molecule has 0 saturated carbocycles. The number of unbranched alkanes of at least 4 members (excludes halogenated alkanes) is 15. The van der Waals surface area contributed by atoms with Crippen molar-refractivity contribution in [3.05, 3.63) is 6.92 Å². The van der Waals surface area contributed by atoms with Crippen molar-refractivity contribution in [2.75, 3.05) is 0 Å². The molecule has 0 aliphatic rings. The Kier molecular flexibility index (Phi) is 34.8. The predicted molar refractivity (Wildman–Crippen MR) is 90.7 cm³/mol. The molecule has 0 fully saturated rings. The third-order valence-corrected chi connectivity index (χ3v) is 3.85. The summed E-state index contributed by atoms with van der Waals surface area (Å²) in [4.78, 5) is 0. The second-order valence-electron chi connectivity index (χ2n) is 5.80. The molecule has 20 heavy (non-hydrogen) atoms. The summed E-state index contributed by atoms with van der Waals surface area (Å²) >= 11 is 0. The van der Waals surface area contributed by atoms with E-state index in [1.807, 2.05) is 0 Å². The van der Waals surface area contributed by atoms with E-state index in [4.69, 9.17) is 0 Å². The molecule has 0 bridgehead atoms. The Balaban J connectivity index is -0.00000144. The molecule has 111 valence electrons. The fraction of sp³-hybridized carbons (Fsp3) is 0.944. The summed E-state index contributed by atoms with van der Waals surface area (Å²) in [5.41, 5.74) is 0. The van der Waals surface area contributed by atoms with Gasteiger partial charge in [0.1, 0.15) is 0 Å². The smallest absolute Gasteiger partial charge is 0.343 e. The third-order valence-electron chi connectivity index (χ3n) is 3.85. The van der Waals surface area contributed by atoms with Gasteiger partial charge in [-0.25, -0.2) is 0 Å². The van der Waals surface area contributed by atoms with Crippen molar-refractivity contribution in [2.45, 2.75) is 110 Å². The van der Waals surface area contributed by atoms with E-state index < -0.39 is 0 Å². The molecule has 1 radical (unpaired) electrons. The molecule has 0 amide bonds. The number of rotatable bonds is 15. The molecule has 0 saturated heterocycles. The topological polar surface area (TPSA) is 0 Å². The minimum Gasteiger partial charge on any atom is -0.343 e. The van der Waals surface area contributed by atoms with E-state index in [1.54, 1.807) is 0 Å². The van der Waals surface area contributed by atoms with Crippen LogP contribution in [0.3, 0.4) is 0 Å². The summed E-state index contributed by atoms with van der Waals surface area (Å²) in [7, 11) is 0. The zero-order valence-corrected chi connectivity index (χ0v) is 19.0. The first-order valence-electron chi connectivity index (χ1n) is 8.71. The molecule has 0 aromatic rings. The van der Waals surface area contributed by atoms with Gasteiger partial charge in [-0.3, -0.25) is 0 Å². The minimum atomic E-state index is 0. The van der Waals surface area contributed by atoms with Crippen LogP contribution in [0.5, 0.6) is 0 Å². The largest absolute Gasteiger partial charge is 1.00 e. The Bertz CT molecular complexity index is 121. The molecule has 2 heteroatoms. The molecule has 0 rings (SSSR count). The minimum absolute atomic E-state index is 0. The molecule has 0 spiro atoms. The zero-order valence-electron chi connectivity index (χ0n) is 15.0. The van der Waals surface area contributed by atoms with E-state index in [0.717, 1.165) is 6.42 Å². The van der Waals surface area contributed by atoms with Crippen molar-refractivity contribution in [3.63, 3.8) is 0 Å². The van der Waals surface area contributed by atoms with Crippen LogP contribution in [0, 0.1) is 6.92 Å². The summed E-state index contributed by atoms with van der Waals surface area (Å²) in [5.74, 6) is 0. The normalized spacial score (nSPS) is 9.90. The summed E-state index contributed by atoms with van der Waals surface area (Å²) in [6.07, 6.45) is 22.8. The van der Waals surface area contributed by atoms with Crippen LogP contribution in [-0.2, 0) is 0 Å². The van der Waals surface area contributed by atoms with Crippen LogP contribution in [0.25, 0.3) is 0 Å². The fourth-order valence-corrected chi connectivity index (χ4v) is 2.55. The molecule has 0 atom stereocenters. The van der Waals surface area contributed by atoms with Crippen LogP contribution in [0.15, 0.2) is 0 Å². The molecule has 0 aliphatic carbocycles. The Morgan fingerprint density at radius 2 is 0.750 bits per heavy atom. The SMILES string of the molecule is [CH2-]CCCCCCCCCCCCCCCCC.[Na+].[Na]. The first-order chi connectivity index (χ1) is 8.91. The Labute approximate surface area is 174 Å². The van der Waals surface area contributed by atoms with Gasteiger partial charge in [-0.2, -0.15) is 6.42 Å². The van der Waals surface area contributed by atoms with Crippen LogP contribution in [0.2, 0.25) is 0 Å². The van der Waals surface area contributed by atoms with Crippen molar-refractivity contribution in [2.24, 2.45) is 0 Å². The first kappa shape index (κ1) is 26.9. The van der Waals surface area contributed by atoms with Gasteiger partial charge < -0.3 is 6.92 Å². The van der Waals surface area contributed by atoms with Crippen LogP contribution in [0.4, 0.5) is 0 Å². The van der Waals surface area contributed by atoms with Gasteiger partial charge in [-0.05, 0) is 0 Å². The Morgan fingerprint density at radius 3 is 1.00 bits per heavy atom. The summed E-state index contributed by atoms with van der Waals surface area (Å²) in [6, 6.07) is 0. The van der Waals surface area contributed by atoms with Crippen LogP contribution in [-0.4, -0.2) is 29.6 Å². The maximum absolute atomic E-state index is 3.88. The van der Waals surface area contributed by atoms with Crippen molar-refractivity contribution >= 4 is 29.6 Å². The standard InChI is InChI=1S/C18H37.2Na/c1-3-5-7-9-11-13-15-17-18-16-14-12-10-8-6-4-2;;/h1,3-18H2,2H3;;/q-1;;+1. The van der Waals surface area contributed by atoms with Gasteiger partial charge in [0, 0.05) is 29.6 Å². The third kappa shape index (κ3) is 25.0. The van der Waals surface area contributed by atoms with Crippen LogP contribution in [0.1, 0.15) is 110 Å². The maximum atomic E-state index is 3.88. The monoisotopic (exact) mass is 299 g/mol. The van der Waals surface area contributed by atoms with Crippen molar-refractivity contribution in [1.82, 2.24) is 0 Å². The zero-order chi connectivity index (χ0) is 13.3. The van der Waals surface area contributed by atoms with Gasteiger partial charge in [-0.15, -0.1) is 0 Å². The van der Waals surface area contributed by atoms with E-state index in [9.17, 15) is 0 Å². The van der Waals surface area contributed by atoms with Gasteiger partial charge in [0.05, 0.1) is 0 Å². The van der Waals surface area contributed by atoms with Crippen molar-refractivity contribution in [3.8, 4) is 0 Å². The van der Waals surface area contributed by atoms with E-state index in [1.165, 1.54) is 96.3 Å². The molecular weight excluding hydrogens is 262 g/mol.